The molecule has 0 aromatic carbocycles. The van der Waals surface area contributed by atoms with Crippen molar-refractivity contribution < 1.29 is 9.53 Å². The van der Waals surface area contributed by atoms with Gasteiger partial charge in [-0.3, -0.25) is 9.69 Å². The first-order valence-corrected chi connectivity index (χ1v) is 7.55. The van der Waals surface area contributed by atoms with E-state index in [-0.39, 0.29) is 18.6 Å². The van der Waals surface area contributed by atoms with Gasteiger partial charge in [0.1, 0.15) is 6.61 Å². The highest BCUT2D eigenvalue weighted by molar-refractivity contribution is 5.77. The molecule has 0 bridgehead atoms. The maximum absolute atomic E-state index is 12.1. The molecule has 0 saturated carbocycles. The molecule has 1 atom stereocenters. The van der Waals surface area contributed by atoms with Crippen molar-refractivity contribution >= 4 is 5.91 Å². The van der Waals surface area contributed by atoms with Gasteiger partial charge < -0.3 is 15.0 Å². The standard InChI is InChI=1S/C14H27N3O2/c1-3-16-8-9-17(10-12(16)2)14(18)11-19-13-4-6-15-7-5-13/h12-13,15H,3-11H2,1-2H3. The van der Waals surface area contributed by atoms with Crippen LogP contribution in [-0.4, -0.2) is 73.7 Å². The second-order valence-corrected chi connectivity index (χ2v) is 5.58. The molecule has 2 rings (SSSR count). The molecular formula is C14H27N3O2. The van der Waals surface area contributed by atoms with Gasteiger partial charge in [0, 0.05) is 25.7 Å². The van der Waals surface area contributed by atoms with Crippen LogP contribution in [0, 0.1) is 0 Å². The van der Waals surface area contributed by atoms with Gasteiger partial charge in [-0.15, -0.1) is 0 Å². The van der Waals surface area contributed by atoms with Crippen molar-refractivity contribution in [3.63, 3.8) is 0 Å². The smallest absolute Gasteiger partial charge is 0.248 e. The van der Waals surface area contributed by atoms with Gasteiger partial charge in [0.25, 0.3) is 0 Å². The summed E-state index contributed by atoms with van der Waals surface area (Å²) in [4.78, 5) is 16.5. The fourth-order valence-electron chi connectivity index (χ4n) is 2.93. The number of ether oxygens (including phenoxy) is 1. The van der Waals surface area contributed by atoms with Gasteiger partial charge in [-0.1, -0.05) is 6.92 Å². The molecule has 2 aliphatic heterocycles. The van der Waals surface area contributed by atoms with Crippen LogP contribution in [0.5, 0.6) is 0 Å². The molecule has 2 fully saturated rings. The molecule has 2 saturated heterocycles. The minimum Gasteiger partial charge on any atom is -0.368 e. The minimum absolute atomic E-state index is 0.154. The largest absolute Gasteiger partial charge is 0.368 e. The van der Waals surface area contributed by atoms with Crippen molar-refractivity contribution in [3.05, 3.63) is 0 Å². The van der Waals surface area contributed by atoms with Crippen LogP contribution >= 0.6 is 0 Å². The topological polar surface area (TPSA) is 44.8 Å². The fourth-order valence-corrected chi connectivity index (χ4v) is 2.93. The molecule has 1 N–H and O–H groups in total. The molecule has 0 aliphatic carbocycles. The van der Waals surface area contributed by atoms with E-state index in [0.717, 1.165) is 52.1 Å². The number of hydrogen-bond donors (Lipinski definition) is 1. The molecule has 2 heterocycles. The number of piperazine rings is 1. The molecule has 1 unspecified atom stereocenters. The lowest BCUT2D eigenvalue weighted by Gasteiger charge is -2.39. The molecule has 0 aromatic rings. The Morgan fingerprint density at radius 3 is 2.68 bits per heavy atom. The van der Waals surface area contributed by atoms with Crippen LogP contribution in [0.4, 0.5) is 0 Å². The first kappa shape index (κ1) is 14.8. The van der Waals surface area contributed by atoms with E-state index in [1.165, 1.54) is 0 Å². The molecule has 0 spiro atoms. The van der Waals surface area contributed by atoms with Gasteiger partial charge in [-0.2, -0.15) is 0 Å². The number of piperidine rings is 1. The summed E-state index contributed by atoms with van der Waals surface area (Å²) in [5, 5.41) is 3.30. The maximum atomic E-state index is 12.1. The quantitative estimate of drug-likeness (QED) is 0.798. The summed E-state index contributed by atoms with van der Waals surface area (Å²) in [7, 11) is 0. The van der Waals surface area contributed by atoms with E-state index in [1.807, 2.05) is 4.90 Å². The van der Waals surface area contributed by atoms with E-state index in [2.05, 4.69) is 24.1 Å². The zero-order valence-electron chi connectivity index (χ0n) is 12.2. The summed E-state index contributed by atoms with van der Waals surface area (Å²) in [5.41, 5.74) is 0. The number of nitrogens with one attached hydrogen (secondary N) is 1. The summed E-state index contributed by atoms with van der Waals surface area (Å²) >= 11 is 0. The summed E-state index contributed by atoms with van der Waals surface area (Å²) < 4.78 is 5.74. The number of rotatable bonds is 4. The van der Waals surface area contributed by atoms with Gasteiger partial charge in [0.2, 0.25) is 5.91 Å². The number of likely N-dealkylation sites (N-methyl/N-ethyl adjacent to an activating group) is 1. The molecule has 0 radical (unpaired) electrons. The highest BCUT2D eigenvalue weighted by atomic mass is 16.5. The monoisotopic (exact) mass is 269 g/mol. The highest BCUT2D eigenvalue weighted by Crippen LogP contribution is 2.11. The van der Waals surface area contributed by atoms with Crippen molar-refractivity contribution in [2.45, 2.75) is 38.8 Å². The van der Waals surface area contributed by atoms with Crippen LogP contribution in [0.3, 0.4) is 0 Å². The zero-order valence-corrected chi connectivity index (χ0v) is 12.2. The van der Waals surface area contributed by atoms with Gasteiger partial charge in [0.15, 0.2) is 0 Å². The highest BCUT2D eigenvalue weighted by Gasteiger charge is 2.26. The molecule has 5 heteroatoms. The normalized spacial score (nSPS) is 26.6. The zero-order chi connectivity index (χ0) is 13.7. The number of carbonyl (C=O) groups is 1. The molecular weight excluding hydrogens is 242 g/mol. The second-order valence-electron chi connectivity index (χ2n) is 5.58. The maximum Gasteiger partial charge on any atom is 0.248 e. The average Bonchev–Trinajstić information content (AvgIpc) is 2.45. The van der Waals surface area contributed by atoms with Gasteiger partial charge in [-0.05, 0) is 39.4 Å². The van der Waals surface area contributed by atoms with Gasteiger partial charge >= 0.3 is 0 Å². The molecule has 2 aliphatic rings. The molecule has 5 nitrogen and oxygen atoms in total. The second kappa shape index (κ2) is 7.22. The van der Waals surface area contributed by atoms with Crippen molar-refractivity contribution in [2.24, 2.45) is 0 Å². The Balaban J connectivity index is 1.71. The summed E-state index contributed by atoms with van der Waals surface area (Å²) in [5.74, 6) is 0.154. The van der Waals surface area contributed by atoms with Crippen LogP contribution in [0.2, 0.25) is 0 Å². The number of nitrogens with zero attached hydrogens (tertiary/aromatic N) is 2. The van der Waals surface area contributed by atoms with Crippen LogP contribution in [-0.2, 0) is 9.53 Å². The lowest BCUT2D eigenvalue weighted by molar-refractivity contribution is -0.141. The molecule has 0 aromatic heterocycles. The molecule has 110 valence electrons. The van der Waals surface area contributed by atoms with E-state index < -0.39 is 0 Å². The third-order valence-electron chi connectivity index (χ3n) is 4.25. The Labute approximate surface area is 116 Å². The predicted molar refractivity (Wildman–Crippen MR) is 75.1 cm³/mol. The lowest BCUT2D eigenvalue weighted by Crippen LogP contribution is -2.54. The van der Waals surface area contributed by atoms with Gasteiger partial charge in [-0.25, -0.2) is 0 Å². The Bertz CT molecular complexity index is 292. The lowest BCUT2D eigenvalue weighted by atomic mass is 10.1. The first-order valence-electron chi connectivity index (χ1n) is 7.55. The predicted octanol–water partition coefficient (Wildman–Crippen LogP) is 0.308. The number of hydrogen-bond acceptors (Lipinski definition) is 4. The van der Waals surface area contributed by atoms with Crippen LogP contribution in [0.15, 0.2) is 0 Å². The Kier molecular flexibility index (Phi) is 5.60. The molecule has 1 amide bonds. The fraction of sp³-hybridized carbons (Fsp3) is 0.929. The Hall–Kier alpha value is -0.650. The summed E-state index contributed by atoms with van der Waals surface area (Å²) in [6.07, 6.45) is 2.31. The minimum atomic E-state index is 0.154. The van der Waals surface area contributed by atoms with E-state index in [1.54, 1.807) is 0 Å². The summed E-state index contributed by atoms with van der Waals surface area (Å²) in [6, 6.07) is 0.460. The SMILES string of the molecule is CCN1CCN(C(=O)COC2CCNCC2)CC1C. The Morgan fingerprint density at radius 2 is 2.05 bits per heavy atom. The number of amides is 1. The van der Waals surface area contributed by atoms with Crippen molar-refractivity contribution in [2.75, 3.05) is 45.9 Å². The average molecular weight is 269 g/mol. The van der Waals surface area contributed by atoms with E-state index in [4.69, 9.17) is 4.74 Å². The van der Waals surface area contributed by atoms with E-state index >= 15 is 0 Å². The van der Waals surface area contributed by atoms with E-state index in [0.29, 0.717) is 6.04 Å². The van der Waals surface area contributed by atoms with Crippen molar-refractivity contribution in [3.8, 4) is 0 Å². The third-order valence-corrected chi connectivity index (χ3v) is 4.25. The summed E-state index contributed by atoms with van der Waals surface area (Å²) in [6.45, 7) is 10.4. The molecule has 19 heavy (non-hydrogen) atoms. The number of carbonyl (C=O) groups excluding carboxylic acids is 1. The van der Waals surface area contributed by atoms with Crippen LogP contribution < -0.4 is 5.32 Å². The Morgan fingerprint density at radius 1 is 1.32 bits per heavy atom. The van der Waals surface area contributed by atoms with Crippen molar-refractivity contribution in [1.82, 2.24) is 15.1 Å². The van der Waals surface area contributed by atoms with E-state index in [9.17, 15) is 4.79 Å². The van der Waals surface area contributed by atoms with Crippen LogP contribution in [0.25, 0.3) is 0 Å². The van der Waals surface area contributed by atoms with Crippen LogP contribution in [0.1, 0.15) is 26.7 Å². The first-order chi connectivity index (χ1) is 9.20. The third kappa shape index (κ3) is 4.16. The van der Waals surface area contributed by atoms with Crippen molar-refractivity contribution in [1.29, 1.82) is 0 Å². The van der Waals surface area contributed by atoms with Gasteiger partial charge in [0.05, 0.1) is 6.10 Å².